The Bertz CT molecular complexity index is 1020. The van der Waals surface area contributed by atoms with Crippen LogP contribution < -0.4 is 9.80 Å². The zero-order valence-corrected chi connectivity index (χ0v) is 16.9. The predicted molar refractivity (Wildman–Crippen MR) is 116 cm³/mol. The highest BCUT2D eigenvalue weighted by Gasteiger charge is 2.47. The van der Waals surface area contributed by atoms with E-state index in [0.29, 0.717) is 11.4 Å². The molecular formula is C25H22N2O3. The van der Waals surface area contributed by atoms with E-state index in [-0.39, 0.29) is 6.42 Å². The molecule has 5 nitrogen and oxygen atoms in total. The van der Waals surface area contributed by atoms with Gasteiger partial charge in [0.15, 0.2) is 0 Å². The molecule has 1 heterocycles. The molecule has 5 heteroatoms. The van der Waals surface area contributed by atoms with Crippen molar-refractivity contribution in [1.82, 2.24) is 0 Å². The monoisotopic (exact) mass is 398 g/mol. The third kappa shape index (κ3) is 3.62. The van der Waals surface area contributed by atoms with Crippen molar-refractivity contribution in [1.29, 1.82) is 0 Å². The number of hydrogen-bond donors (Lipinski definition) is 0. The van der Waals surface area contributed by atoms with Crippen molar-refractivity contribution in [2.24, 2.45) is 5.92 Å². The summed E-state index contributed by atoms with van der Waals surface area (Å²) in [5.41, 5.74) is 3.81. The number of urea groups is 1. The summed E-state index contributed by atoms with van der Waals surface area (Å²) in [6.07, 6.45) is 0.233. The largest absolute Gasteiger partial charge is 0.342 e. The van der Waals surface area contributed by atoms with Gasteiger partial charge in [0.05, 0.1) is 11.4 Å². The molecule has 150 valence electrons. The number of anilines is 2. The summed E-state index contributed by atoms with van der Waals surface area (Å²) >= 11 is 0. The van der Waals surface area contributed by atoms with Crippen LogP contribution in [0.3, 0.4) is 0 Å². The molecule has 0 atom stereocenters. The first-order chi connectivity index (χ1) is 14.5. The third-order valence-corrected chi connectivity index (χ3v) is 5.29. The Kier molecular flexibility index (Phi) is 5.19. The Hall–Kier alpha value is -3.73. The lowest BCUT2D eigenvalue weighted by molar-refractivity contribution is -0.132. The van der Waals surface area contributed by atoms with Gasteiger partial charge in [0.25, 0.3) is 0 Å². The van der Waals surface area contributed by atoms with Gasteiger partial charge in [-0.15, -0.1) is 0 Å². The predicted octanol–water partition coefficient (Wildman–Crippen LogP) is 4.66. The number of aryl methyl sites for hydroxylation is 2. The van der Waals surface area contributed by atoms with E-state index < -0.39 is 23.8 Å². The van der Waals surface area contributed by atoms with Gasteiger partial charge in [-0.3, -0.25) is 9.59 Å². The standard InChI is InChI=1S/C25H22N2O3/c1-17-8-12-20(13-9-17)26-23(28)22(16-19-6-4-3-5-7-19)24(29)27(25(26)30)21-14-10-18(2)11-15-21/h3-15,22H,16H2,1-2H3. The van der Waals surface area contributed by atoms with Gasteiger partial charge in [0, 0.05) is 0 Å². The Morgan fingerprint density at radius 2 is 1.07 bits per heavy atom. The third-order valence-electron chi connectivity index (χ3n) is 5.29. The second-order valence-corrected chi connectivity index (χ2v) is 7.54. The van der Waals surface area contributed by atoms with Gasteiger partial charge in [-0.1, -0.05) is 65.7 Å². The smallest absolute Gasteiger partial charge is 0.273 e. The average molecular weight is 398 g/mol. The van der Waals surface area contributed by atoms with Gasteiger partial charge in [-0.05, 0) is 50.1 Å². The summed E-state index contributed by atoms with van der Waals surface area (Å²) in [5, 5.41) is 0. The maximum absolute atomic E-state index is 13.3. The molecule has 3 aromatic carbocycles. The molecule has 0 aliphatic carbocycles. The maximum Gasteiger partial charge on any atom is 0.342 e. The fraction of sp³-hybridized carbons (Fsp3) is 0.160. The molecule has 4 amide bonds. The van der Waals surface area contributed by atoms with Crippen molar-refractivity contribution in [3.8, 4) is 0 Å². The van der Waals surface area contributed by atoms with Crippen molar-refractivity contribution in [2.45, 2.75) is 20.3 Å². The molecule has 1 saturated heterocycles. The molecule has 0 aromatic heterocycles. The van der Waals surface area contributed by atoms with E-state index in [1.54, 1.807) is 24.3 Å². The molecule has 1 fully saturated rings. The van der Waals surface area contributed by atoms with E-state index in [9.17, 15) is 14.4 Å². The van der Waals surface area contributed by atoms with Gasteiger partial charge in [0.1, 0.15) is 5.92 Å². The minimum atomic E-state index is -0.979. The van der Waals surface area contributed by atoms with E-state index in [1.165, 1.54) is 0 Å². The van der Waals surface area contributed by atoms with E-state index in [1.807, 2.05) is 68.4 Å². The number of amides is 4. The molecule has 0 bridgehead atoms. The topological polar surface area (TPSA) is 57.7 Å². The summed E-state index contributed by atoms with van der Waals surface area (Å²) in [6, 6.07) is 23.0. The lowest BCUT2D eigenvalue weighted by Crippen LogP contribution is -2.61. The molecule has 0 radical (unpaired) electrons. The van der Waals surface area contributed by atoms with Gasteiger partial charge < -0.3 is 0 Å². The van der Waals surface area contributed by atoms with E-state index >= 15 is 0 Å². The number of carbonyl (C=O) groups excluding carboxylic acids is 3. The number of benzene rings is 3. The Morgan fingerprint density at radius 3 is 1.50 bits per heavy atom. The van der Waals surface area contributed by atoms with Crippen molar-refractivity contribution in [3.05, 3.63) is 95.6 Å². The summed E-state index contributed by atoms with van der Waals surface area (Å²) in [6.45, 7) is 3.87. The summed E-state index contributed by atoms with van der Waals surface area (Å²) in [4.78, 5) is 42.2. The number of imide groups is 2. The fourth-order valence-corrected chi connectivity index (χ4v) is 3.59. The fourth-order valence-electron chi connectivity index (χ4n) is 3.59. The van der Waals surface area contributed by atoms with Crippen LogP contribution in [0.2, 0.25) is 0 Å². The van der Waals surface area contributed by atoms with Crippen LogP contribution in [0.15, 0.2) is 78.9 Å². The van der Waals surface area contributed by atoms with Crippen molar-refractivity contribution >= 4 is 29.2 Å². The average Bonchev–Trinajstić information content (AvgIpc) is 2.75. The molecule has 3 aromatic rings. The summed E-state index contributed by atoms with van der Waals surface area (Å²) in [5.74, 6) is -1.98. The molecular weight excluding hydrogens is 376 g/mol. The Morgan fingerprint density at radius 1 is 0.633 bits per heavy atom. The first kappa shape index (κ1) is 19.6. The number of barbiturate groups is 1. The molecule has 1 aliphatic rings. The number of carbonyl (C=O) groups is 3. The molecule has 1 aliphatic heterocycles. The highest BCUT2D eigenvalue weighted by molar-refractivity contribution is 6.36. The molecule has 0 unspecified atom stereocenters. The minimum Gasteiger partial charge on any atom is -0.273 e. The van der Waals surface area contributed by atoms with E-state index in [4.69, 9.17) is 0 Å². The number of nitrogens with zero attached hydrogens (tertiary/aromatic N) is 2. The first-order valence-corrected chi connectivity index (χ1v) is 9.85. The highest BCUT2D eigenvalue weighted by Crippen LogP contribution is 2.30. The second kappa shape index (κ2) is 7.95. The van der Waals surface area contributed by atoms with Crippen LogP contribution >= 0.6 is 0 Å². The minimum absolute atomic E-state index is 0.233. The van der Waals surface area contributed by atoms with Crippen LogP contribution in [-0.2, 0) is 16.0 Å². The normalized spacial score (nSPS) is 15.1. The molecule has 30 heavy (non-hydrogen) atoms. The highest BCUT2D eigenvalue weighted by atomic mass is 16.2. The van der Waals surface area contributed by atoms with Crippen LogP contribution in [0.1, 0.15) is 16.7 Å². The number of rotatable bonds is 4. The Labute approximate surface area is 175 Å². The quantitative estimate of drug-likeness (QED) is 0.601. The maximum atomic E-state index is 13.3. The van der Waals surface area contributed by atoms with Gasteiger partial charge in [0.2, 0.25) is 11.8 Å². The van der Waals surface area contributed by atoms with Crippen LogP contribution in [0.4, 0.5) is 16.2 Å². The van der Waals surface area contributed by atoms with Gasteiger partial charge >= 0.3 is 6.03 Å². The zero-order chi connectivity index (χ0) is 21.3. The second-order valence-electron chi connectivity index (χ2n) is 7.54. The van der Waals surface area contributed by atoms with Crippen molar-refractivity contribution < 1.29 is 14.4 Å². The van der Waals surface area contributed by atoms with Gasteiger partial charge in [-0.25, -0.2) is 14.6 Å². The van der Waals surface area contributed by atoms with Gasteiger partial charge in [-0.2, -0.15) is 0 Å². The van der Waals surface area contributed by atoms with Crippen molar-refractivity contribution in [3.63, 3.8) is 0 Å². The van der Waals surface area contributed by atoms with Crippen LogP contribution in [0.25, 0.3) is 0 Å². The van der Waals surface area contributed by atoms with Crippen molar-refractivity contribution in [2.75, 3.05) is 9.80 Å². The summed E-state index contributed by atoms with van der Waals surface area (Å²) in [7, 11) is 0. The van der Waals surface area contributed by atoms with Crippen LogP contribution in [-0.4, -0.2) is 17.8 Å². The van der Waals surface area contributed by atoms with Crippen LogP contribution in [0, 0.1) is 19.8 Å². The SMILES string of the molecule is Cc1ccc(N2C(=O)C(Cc3ccccc3)C(=O)N(c3ccc(C)cc3)C2=O)cc1. The lowest BCUT2D eigenvalue weighted by atomic mass is 9.94. The van der Waals surface area contributed by atoms with Crippen LogP contribution in [0.5, 0.6) is 0 Å². The molecule has 0 N–H and O–H groups in total. The molecule has 4 rings (SSSR count). The zero-order valence-electron chi connectivity index (χ0n) is 16.9. The molecule has 0 spiro atoms. The Balaban J connectivity index is 1.78. The number of hydrogen-bond acceptors (Lipinski definition) is 3. The molecule has 0 saturated carbocycles. The summed E-state index contributed by atoms with van der Waals surface area (Å²) < 4.78 is 0. The lowest BCUT2D eigenvalue weighted by Gasteiger charge is -2.37. The van der Waals surface area contributed by atoms with E-state index in [0.717, 1.165) is 26.5 Å². The first-order valence-electron chi connectivity index (χ1n) is 9.85. The van der Waals surface area contributed by atoms with E-state index in [2.05, 4.69) is 0 Å².